The highest BCUT2D eigenvalue weighted by Gasteiger charge is 2.28. The molecule has 0 radical (unpaired) electrons. The summed E-state index contributed by atoms with van der Waals surface area (Å²) < 4.78 is 0. The van der Waals surface area contributed by atoms with Crippen LogP contribution in [0.25, 0.3) is 0 Å². The molecule has 0 bridgehead atoms. The topological polar surface area (TPSA) is 64.7 Å². The molecule has 0 spiro atoms. The molecule has 1 heterocycles. The second-order valence-electron chi connectivity index (χ2n) is 6.88. The largest absolute Gasteiger partial charge is 0.368 e. The lowest BCUT2D eigenvalue weighted by Crippen LogP contribution is -2.13. The third kappa shape index (κ3) is 3.53. The molecule has 2 unspecified atom stereocenters. The molecule has 0 amide bonds. The molecular formula is C17H28N4. The molecule has 0 aromatic carbocycles. The normalized spacial score (nSPS) is 27.7. The average Bonchev–Trinajstić information content (AvgIpc) is 2.81. The minimum absolute atomic E-state index is 0.430. The van der Waals surface area contributed by atoms with Crippen molar-refractivity contribution in [2.24, 2.45) is 5.92 Å². The summed E-state index contributed by atoms with van der Waals surface area (Å²) in [6, 6.07) is 0. The van der Waals surface area contributed by atoms with Crippen LogP contribution in [0.1, 0.15) is 94.6 Å². The van der Waals surface area contributed by atoms with Gasteiger partial charge in [-0.1, -0.05) is 39.0 Å². The van der Waals surface area contributed by atoms with E-state index in [1.165, 1.54) is 64.2 Å². The van der Waals surface area contributed by atoms with Crippen LogP contribution in [-0.4, -0.2) is 15.0 Å². The summed E-state index contributed by atoms with van der Waals surface area (Å²) in [6.07, 6.45) is 12.7. The van der Waals surface area contributed by atoms with E-state index in [0.29, 0.717) is 17.8 Å². The lowest BCUT2D eigenvalue weighted by molar-refractivity contribution is 0.511. The highest BCUT2D eigenvalue weighted by atomic mass is 15.1. The Labute approximate surface area is 128 Å². The lowest BCUT2D eigenvalue weighted by Gasteiger charge is -2.16. The zero-order chi connectivity index (χ0) is 14.7. The fourth-order valence-corrected chi connectivity index (χ4v) is 4.01. The Morgan fingerprint density at radius 2 is 1.52 bits per heavy atom. The summed E-state index contributed by atoms with van der Waals surface area (Å²) >= 11 is 0. The van der Waals surface area contributed by atoms with Gasteiger partial charge in [0, 0.05) is 11.8 Å². The fourth-order valence-electron chi connectivity index (χ4n) is 4.01. The van der Waals surface area contributed by atoms with E-state index in [9.17, 15) is 0 Å². The van der Waals surface area contributed by atoms with Gasteiger partial charge >= 0.3 is 0 Å². The Hall–Kier alpha value is -1.19. The molecule has 0 aliphatic heterocycles. The van der Waals surface area contributed by atoms with Gasteiger partial charge in [-0.15, -0.1) is 0 Å². The van der Waals surface area contributed by atoms with Crippen LogP contribution >= 0.6 is 0 Å². The number of hydrogen-bond donors (Lipinski definition) is 1. The summed E-state index contributed by atoms with van der Waals surface area (Å²) in [5.74, 6) is 4.22. The molecular weight excluding hydrogens is 260 g/mol. The van der Waals surface area contributed by atoms with Crippen molar-refractivity contribution in [3.05, 3.63) is 11.6 Å². The quantitative estimate of drug-likeness (QED) is 0.847. The Morgan fingerprint density at radius 1 is 0.857 bits per heavy atom. The van der Waals surface area contributed by atoms with Crippen molar-refractivity contribution in [3.8, 4) is 0 Å². The van der Waals surface area contributed by atoms with Gasteiger partial charge in [-0.25, -0.2) is 4.98 Å². The van der Waals surface area contributed by atoms with Crippen LogP contribution in [0, 0.1) is 5.92 Å². The van der Waals surface area contributed by atoms with E-state index in [-0.39, 0.29) is 0 Å². The van der Waals surface area contributed by atoms with Crippen LogP contribution in [0.5, 0.6) is 0 Å². The summed E-state index contributed by atoms with van der Waals surface area (Å²) in [6.45, 7) is 2.28. The highest BCUT2D eigenvalue weighted by molar-refractivity contribution is 5.19. The van der Waals surface area contributed by atoms with Crippen molar-refractivity contribution in [2.45, 2.75) is 83.0 Å². The van der Waals surface area contributed by atoms with Crippen molar-refractivity contribution in [2.75, 3.05) is 5.73 Å². The summed E-state index contributed by atoms with van der Waals surface area (Å²) in [5, 5.41) is 0. The van der Waals surface area contributed by atoms with Crippen molar-refractivity contribution < 1.29 is 0 Å². The van der Waals surface area contributed by atoms with Crippen LogP contribution in [0.4, 0.5) is 5.95 Å². The highest BCUT2D eigenvalue weighted by Crippen LogP contribution is 2.39. The third-order valence-electron chi connectivity index (χ3n) is 5.39. The predicted molar refractivity (Wildman–Crippen MR) is 85.1 cm³/mol. The second kappa shape index (κ2) is 6.71. The van der Waals surface area contributed by atoms with Gasteiger partial charge in [0.05, 0.1) is 0 Å². The van der Waals surface area contributed by atoms with Gasteiger partial charge in [0.1, 0.15) is 11.6 Å². The van der Waals surface area contributed by atoms with Gasteiger partial charge in [0.2, 0.25) is 5.95 Å². The van der Waals surface area contributed by atoms with Crippen LogP contribution < -0.4 is 5.73 Å². The molecule has 2 N–H and O–H groups in total. The van der Waals surface area contributed by atoms with Gasteiger partial charge in [-0.3, -0.25) is 0 Å². The van der Waals surface area contributed by atoms with E-state index in [4.69, 9.17) is 10.7 Å². The minimum atomic E-state index is 0.430. The van der Waals surface area contributed by atoms with Gasteiger partial charge in [0.15, 0.2) is 0 Å². The summed E-state index contributed by atoms with van der Waals surface area (Å²) in [4.78, 5) is 13.8. The first-order valence-electron chi connectivity index (χ1n) is 8.77. The van der Waals surface area contributed by atoms with E-state index >= 15 is 0 Å². The van der Waals surface area contributed by atoms with Crippen LogP contribution in [0.2, 0.25) is 0 Å². The maximum atomic E-state index is 5.98. The standard InChI is InChI=1S/C17H28N4/c1-2-12-9-10-14(11-12)16-19-15(20-17(18)21-16)13-7-5-3-4-6-8-13/h12-14H,2-11H2,1H3,(H2,18,19,20,21). The number of hydrogen-bond acceptors (Lipinski definition) is 4. The van der Waals surface area contributed by atoms with Gasteiger partial charge in [-0.05, 0) is 38.0 Å². The number of rotatable bonds is 3. The van der Waals surface area contributed by atoms with Crippen molar-refractivity contribution in [3.63, 3.8) is 0 Å². The molecule has 4 nitrogen and oxygen atoms in total. The maximum Gasteiger partial charge on any atom is 0.223 e. The monoisotopic (exact) mass is 288 g/mol. The molecule has 2 aliphatic rings. The lowest BCUT2D eigenvalue weighted by atomic mass is 9.99. The van der Waals surface area contributed by atoms with Gasteiger partial charge in [0.25, 0.3) is 0 Å². The van der Waals surface area contributed by atoms with Gasteiger partial charge in [-0.2, -0.15) is 9.97 Å². The molecule has 2 atom stereocenters. The average molecular weight is 288 g/mol. The van der Waals surface area contributed by atoms with Crippen molar-refractivity contribution in [1.29, 1.82) is 0 Å². The number of nitrogens with zero attached hydrogens (tertiary/aromatic N) is 3. The van der Waals surface area contributed by atoms with E-state index in [2.05, 4.69) is 16.9 Å². The Kier molecular flexibility index (Phi) is 4.71. The zero-order valence-corrected chi connectivity index (χ0v) is 13.2. The predicted octanol–water partition coefficient (Wildman–Crippen LogP) is 4.19. The number of aromatic nitrogens is 3. The first kappa shape index (κ1) is 14.7. The van der Waals surface area contributed by atoms with Crippen molar-refractivity contribution in [1.82, 2.24) is 15.0 Å². The molecule has 1 aromatic heterocycles. The second-order valence-corrected chi connectivity index (χ2v) is 6.88. The maximum absolute atomic E-state index is 5.98. The van der Waals surface area contributed by atoms with Gasteiger partial charge < -0.3 is 5.73 Å². The third-order valence-corrected chi connectivity index (χ3v) is 5.39. The number of anilines is 1. The molecule has 116 valence electrons. The van der Waals surface area contributed by atoms with Crippen molar-refractivity contribution >= 4 is 5.95 Å². The SMILES string of the molecule is CCC1CCC(c2nc(N)nc(C3CCCCCC3)n2)C1. The van der Waals surface area contributed by atoms with Crippen LogP contribution in [0.3, 0.4) is 0 Å². The minimum Gasteiger partial charge on any atom is -0.368 e. The van der Waals surface area contributed by atoms with E-state index < -0.39 is 0 Å². The fraction of sp³-hybridized carbons (Fsp3) is 0.824. The summed E-state index contributed by atoms with van der Waals surface area (Å²) in [5.41, 5.74) is 5.98. The molecule has 2 fully saturated rings. The van der Waals surface area contributed by atoms with E-state index in [1.54, 1.807) is 0 Å². The van der Waals surface area contributed by atoms with E-state index in [0.717, 1.165) is 17.6 Å². The molecule has 0 saturated heterocycles. The molecule has 2 saturated carbocycles. The Balaban J connectivity index is 1.79. The Morgan fingerprint density at radius 3 is 2.14 bits per heavy atom. The van der Waals surface area contributed by atoms with E-state index in [1.807, 2.05) is 0 Å². The number of nitrogens with two attached hydrogens (primary N) is 1. The zero-order valence-electron chi connectivity index (χ0n) is 13.2. The smallest absolute Gasteiger partial charge is 0.223 e. The Bertz CT molecular complexity index is 466. The molecule has 3 rings (SSSR count). The number of nitrogen functional groups attached to an aromatic ring is 1. The molecule has 2 aliphatic carbocycles. The summed E-state index contributed by atoms with van der Waals surface area (Å²) in [7, 11) is 0. The van der Waals surface area contributed by atoms with Crippen LogP contribution in [-0.2, 0) is 0 Å². The first-order valence-corrected chi connectivity index (χ1v) is 8.77. The molecule has 21 heavy (non-hydrogen) atoms. The first-order chi connectivity index (χ1) is 10.3. The molecule has 1 aromatic rings. The van der Waals surface area contributed by atoms with Crippen LogP contribution in [0.15, 0.2) is 0 Å². The molecule has 4 heteroatoms.